The molecule has 0 bridgehead atoms. The minimum atomic E-state index is -3.08. The summed E-state index contributed by atoms with van der Waals surface area (Å²) >= 11 is 0. The third kappa shape index (κ3) is 3.82. The van der Waals surface area contributed by atoms with Gasteiger partial charge in [-0.2, -0.15) is 0 Å². The lowest BCUT2D eigenvalue weighted by Crippen LogP contribution is -2.43. The van der Waals surface area contributed by atoms with Gasteiger partial charge < -0.3 is 10.2 Å². The average molecular weight is 328 g/mol. The first-order valence-electron chi connectivity index (χ1n) is 6.79. The molecule has 0 spiro atoms. The summed E-state index contributed by atoms with van der Waals surface area (Å²) < 4.78 is 36.2. The topological polar surface area (TPSA) is 83.6 Å². The zero-order valence-corrected chi connectivity index (χ0v) is 12.9. The molecule has 1 atom stereocenters. The summed E-state index contributed by atoms with van der Waals surface area (Å²) in [6.45, 7) is -0.305. The molecule has 0 saturated carbocycles. The van der Waals surface area contributed by atoms with Crippen molar-refractivity contribution in [2.24, 2.45) is 0 Å². The highest BCUT2D eigenvalue weighted by molar-refractivity contribution is 7.91. The molecule has 1 heterocycles. The molecule has 1 aromatic carbocycles. The van der Waals surface area contributed by atoms with Crippen LogP contribution in [0.4, 0.5) is 4.39 Å². The molecule has 0 radical (unpaired) electrons. The van der Waals surface area contributed by atoms with Crippen LogP contribution in [0.1, 0.15) is 16.8 Å². The number of nitrogens with one attached hydrogen (secondary N) is 1. The number of sulfone groups is 1. The summed E-state index contributed by atoms with van der Waals surface area (Å²) in [5, 5.41) is 2.35. The summed E-state index contributed by atoms with van der Waals surface area (Å²) in [5.41, 5.74) is -0.138. The van der Waals surface area contributed by atoms with E-state index in [2.05, 4.69) is 5.32 Å². The van der Waals surface area contributed by atoms with E-state index in [4.69, 9.17) is 0 Å². The molecule has 0 aliphatic carbocycles. The molecule has 1 aromatic rings. The van der Waals surface area contributed by atoms with Gasteiger partial charge in [0.1, 0.15) is 5.82 Å². The summed E-state index contributed by atoms with van der Waals surface area (Å²) in [7, 11) is -1.58. The number of likely N-dealkylation sites (N-methyl/N-ethyl adjacent to an activating group) is 1. The summed E-state index contributed by atoms with van der Waals surface area (Å²) in [4.78, 5) is 25.1. The quantitative estimate of drug-likeness (QED) is 0.856. The fraction of sp³-hybridized carbons (Fsp3) is 0.429. The lowest BCUT2D eigenvalue weighted by atomic mass is 10.2. The second kappa shape index (κ2) is 6.43. The molecule has 2 amide bonds. The van der Waals surface area contributed by atoms with E-state index in [1.54, 1.807) is 0 Å². The zero-order valence-electron chi connectivity index (χ0n) is 12.1. The maximum absolute atomic E-state index is 13.4. The van der Waals surface area contributed by atoms with Gasteiger partial charge >= 0.3 is 0 Å². The van der Waals surface area contributed by atoms with Crippen molar-refractivity contribution < 1.29 is 22.4 Å². The Morgan fingerprint density at radius 2 is 2.05 bits per heavy atom. The van der Waals surface area contributed by atoms with E-state index in [9.17, 15) is 22.4 Å². The van der Waals surface area contributed by atoms with E-state index < -0.39 is 27.5 Å². The van der Waals surface area contributed by atoms with Crippen molar-refractivity contribution >= 4 is 21.7 Å². The smallest absolute Gasteiger partial charge is 0.254 e. The van der Waals surface area contributed by atoms with E-state index in [1.165, 1.54) is 30.1 Å². The Kier molecular flexibility index (Phi) is 4.80. The highest BCUT2D eigenvalue weighted by Gasteiger charge is 2.32. The van der Waals surface area contributed by atoms with Crippen molar-refractivity contribution in [2.45, 2.75) is 12.5 Å². The van der Waals surface area contributed by atoms with Gasteiger partial charge in [0.2, 0.25) is 5.91 Å². The van der Waals surface area contributed by atoms with Crippen LogP contribution >= 0.6 is 0 Å². The van der Waals surface area contributed by atoms with E-state index >= 15 is 0 Å². The Balaban J connectivity index is 1.90. The van der Waals surface area contributed by atoms with Gasteiger partial charge in [0.15, 0.2) is 9.84 Å². The van der Waals surface area contributed by atoms with Gasteiger partial charge in [0.05, 0.1) is 23.6 Å². The van der Waals surface area contributed by atoms with E-state index in [1.807, 2.05) is 0 Å². The average Bonchev–Trinajstić information content (AvgIpc) is 2.84. The van der Waals surface area contributed by atoms with Crippen molar-refractivity contribution in [1.82, 2.24) is 10.2 Å². The Morgan fingerprint density at radius 3 is 2.64 bits per heavy atom. The third-order valence-electron chi connectivity index (χ3n) is 3.67. The van der Waals surface area contributed by atoms with Crippen molar-refractivity contribution in [3.8, 4) is 0 Å². The minimum absolute atomic E-state index is 0.0590. The van der Waals surface area contributed by atoms with E-state index in [0.29, 0.717) is 6.42 Å². The van der Waals surface area contributed by atoms with Gasteiger partial charge in [-0.3, -0.25) is 9.59 Å². The number of benzene rings is 1. The van der Waals surface area contributed by atoms with Crippen molar-refractivity contribution in [3.05, 3.63) is 35.6 Å². The second-order valence-corrected chi connectivity index (χ2v) is 7.45. The van der Waals surface area contributed by atoms with Crippen LogP contribution < -0.4 is 5.32 Å². The number of nitrogens with zero attached hydrogens (tertiary/aromatic N) is 1. The van der Waals surface area contributed by atoms with E-state index in [0.717, 1.165) is 6.07 Å². The van der Waals surface area contributed by atoms with Gasteiger partial charge in [-0.05, 0) is 18.6 Å². The standard InChI is InChI=1S/C14H17FN2O4S/c1-17(10-6-7-22(20,21)9-10)13(18)8-16-14(19)11-4-2-3-5-12(11)15/h2-5,10H,6-9H2,1H3,(H,16,19). The molecular formula is C14H17FN2O4S. The molecule has 8 heteroatoms. The molecule has 1 fully saturated rings. The Labute approximate surface area is 128 Å². The molecule has 1 saturated heterocycles. The van der Waals surface area contributed by atoms with Crippen LogP contribution in [-0.2, 0) is 14.6 Å². The van der Waals surface area contributed by atoms with Crippen LogP contribution in [0.5, 0.6) is 0 Å². The first-order valence-corrected chi connectivity index (χ1v) is 8.61. The molecule has 1 aliphatic heterocycles. The predicted molar refractivity (Wildman–Crippen MR) is 78.6 cm³/mol. The zero-order chi connectivity index (χ0) is 16.3. The van der Waals surface area contributed by atoms with Crippen LogP contribution in [-0.4, -0.2) is 56.3 Å². The van der Waals surface area contributed by atoms with Crippen molar-refractivity contribution in [3.63, 3.8) is 0 Å². The third-order valence-corrected chi connectivity index (χ3v) is 5.42. The van der Waals surface area contributed by atoms with Crippen LogP contribution in [0.25, 0.3) is 0 Å². The van der Waals surface area contributed by atoms with Crippen LogP contribution in [0.3, 0.4) is 0 Å². The predicted octanol–water partition coefficient (Wildman–Crippen LogP) is 0.201. The molecule has 1 N–H and O–H groups in total. The Bertz CT molecular complexity index is 690. The Morgan fingerprint density at radius 1 is 1.36 bits per heavy atom. The number of carbonyl (C=O) groups excluding carboxylic acids is 2. The highest BCUT2D eigenvalue weighted by Crippen LogP contribution is 2.16. The monoisotopic (exact) mass is 328 g/mol. The molecule has 0 aromatic heterocycles. The Hall–Kier alpha value is -1.96. The van der Waals surface area contributed by atoms with Gasteiger partial charge in [0.25, 0.3) is 5.91 Å². The van der Waals surface area contributed by atoms with Crippen molar-refractivity contribution in [1.29, 1.82) is 0 Å². The molecule has 1 unspecified atom stereocenters. The van der Waals surface area contributed by atoms with Crippen molar-refractivity contribution in [2.75, 3.05) is 25.1 Å². The van der Waals surface area contributed by atoms with Crippen LogP contribution in [0.15, 0.2) is 24.3 Å². The highest BCUT2D eigenvalue weighted by atomic mass is 32.2. The number of carbonyl (C=O) groups is 2. The molecule has 22 heavy (non-hydrogen) atoms. The fourth-order valence-electron chi connectivity index (χ4n) is 2.31. The lowest BCUT2D eigenvalue weighted by Gasteiger charge is -2.23. The van der Waals surface area contributed by atoms with E-state index in [-0.39, 0.29) is 29.7 Å². The number of rotatable bonds is 4. The molecule has 6 nitrogen and oxygen atoms in total. The first-order chi connectivity index (χ1) is 10.3. The normalized spacial score (nSPS) is 19.6. The van der Waals surface area contributed by atoms with Gasteiger partial charge in [-0.15, -0.1) is 0 Å². The minimum Gasteiger partial charge on any atom is -0.343 e. The van der Waals surface area contributed by atoms with Gasteiger partial charge in [-0.1, -0.05) is 12.1 Å². The molecule has 1 aliphatic rings. The molecule has 120 valence electrons. The number of amides is 2. The largest absolute Gasteiger partial charge is 0.343 e. The molecule has 2 rings (SSSR count). The number of hydrogen-bond acceptors (Lipinski definition) is 4. The number of halogens is 1. The van der Waals surface area contributed by atoms with Gasteiger partial charge in [-0.25, -0.2) is 12.8 Å². The second-order valence-electron chi connectivity index (χ2n) is 5.22. The van der Waals surface area contributed by atoms with Gasteiger partial charge in [0, 0.05) is 13.1 Å². The maximum Gasteiger partial charge on any atom is 0.254 e. The SMILES string of the molecule is CN(C(=O)CNC(=O)c1ccccc1F)C1CCS(=O)(=O)C1. The number of hydrogen-bond donors (Lipinski definition) is 1. The lowest BCUT2D eigenvalue weighted by molar-refractivity contribution is -0.130. The van der Waals surface area contributed by atoms with Crippen LogP contribution in [0.2, 0.25) is 0 Å². The molecular weight excluding hydrogens is 311 g/mol. The summed E-state index contributed by atoms with van der Waals surface area (Å²) in [6, 6.07) is 5.10. The fourth-order valence-corrected chi connectivity index (χ4v) is 4.08. The van der Waals surface area contributed by atoms with Crippen LogP contribution in [0, 0.1) is 5.82 Å². The maximum atomic E-state index is 13.4. The summed E-state index contributed by atoms with van der Waals surface area (Å²) in [6.07, 6.45) is 0.395. The first kappa shape index (κ1) is 16.4. The summed E-state index contributed by atoms with van der Waals surface area (Å²) in [5.74, 6) is -1.75.